The Morgan fingerprint density at radius 3 is 2.58 bits per heavy atom. The predicted octanol–water partition coefficient (Wildman–Crippen LogP) is 2.33. The number of nitrogens with one attached hydrogen (secondary N) is 2. The topological polar surface area (TPSA) is 64.1 Å². The maximum absolute atomic E-state index is 12.4. The summed E-state index contributed by atoms with van der Waals surface area (Å²) in [5.74, 6) is -0.686. The smallest absolute Gasteiger partial charge is 0.387 e. The molecule has 0 aliphatic carbocycles. The van der Waals surface area contributed by atoms with E-state index >= 15 is 0 Å². The number of thiocarbonyl (C=S) groups is 1. The Hall–Kier alpha value is -2.14. The first-order chi connectivity index (χ1) is 11.4. The number of benzene rings is 1. The van der Waals surface area contributed by atoms with Gasteiger partial charge in [-0.1, -0.05) is 0 Å². The van der Waals surface area contributed by atoms with Crippen molar-refractivity contribution in [1.29, 1.82) is 0 Å². The van der Waals surface area contributed by atoms with Gasteiger partial charge in [-0.05, 0) is 24.4 Å². The summed E-state index contributed by atoms with van der Waals surface area (Å²) in [6.07, 6.45) is 1.15. The quantitative estimate of drug-likeness (QED) is 0.229. The van der Waals surface area contributed by atoms with E-state index in [2.05, 4.69) is 25.3 Å². The van der Waals surface area contributed by atoms with Crippen molar-refractivity contribution >= 4 is 23.5 Å². The molecule has 11 heteroatoms. The van der Waals surface area contributed by atoms with Gasteiger partial charge in [0.15, 0.2) is 5.11 Å². The molecule has 0 amide bonds. The van der Waals surface area contributed by atoms with E-state index in [0.29, 0.717) is 13.2 Å². The molecule has 134 valence electrons. The summed E-state index contributed by atoms with van der Waals surface area (Å²) in [5, 5.41) is 6.71. The minimum atomic E-state index is -3.14. The summed E-state index contributed by atoms with van der Waals surface area (Å²) in [7, 11) is 1.53. The van der Waals surface area contributed by atoms with Crippen LogP contribution in [0.25, 0.3) is 0 Å². The van der Waals surface area contributed by atoms with Crippen molar-refractivity contribution in [2.45, 2.75) is 13.2 Å². The van der Waals surface area contributed by atoms with Crippen LogP contribution in [-0.4, -0.2) is 44.8 Å². The van der Waals surface area contributed by atoms with E-state index in [9.17, 15) is 17.6 Å². The van der Waals surface area contributed by atoms with Crippen LogP contribution in [0.2, 0.25) is 0 Å². The first kappa shape index (κ1) is 19.9. The van der Waals surface area contributed by atoms with E-state index in [1.807, 2.05) is 0 Å². The molecule has 0 aliphatic heterocycles. The first-order valence-corrected chi connectivity index (χ1v) is 6.92. The van der Waals surface area contributed by atoms with Gasteiger partial charge in [-0.2, -0.15) is 22.7 Å². The van der Waals surface area contributed by atoms with Crippen LogP contribution in [0.5, 0.6) is 11.5 Å². The lowest BCUT2D eigenvalue weighted by Gasteiger charge is -2.11. The molecule has 1 aromatic rings. The highest BCUT2D eigenvalue weighted by Gasteiger charge is 2.12. The van der Waals surface area contributed by atoms with Gasteiger partial charge in [0.25, 0.3) is 0 Å². The van der Waals surface area contributed by atoms with Crippen molar-refractivity contribution in [1.82, 2.24) is 10.7 Å². The van der Waals surface area contributed by atoms with E-state index in [-0.39, 0.29) is 22.2 Å². The normalized spacial score (nSPS) is 11.1. The van der Waals surface area contributed by atoms with Gasteiger partial charge in [0.05, 0.1) is 12.8 Å². The van der Waals surface area contributed by atoms with Gasteiger partial charge in [-0.25, -0.2) is 0 Å². The molecule has 0 aliphatic rings. The largest absolute Gasteiger partial charge is 0.435 e. The summed E-state index contributed by atoms with van der Waals surface area (Å²) in [4.78, 5) is 0. The molecule has 1 aromatic carbocycles. The summed E-state index contributed by atoms with van der Waals surface area (Å²) in [6.45, 7) is -5.33. The average Bonchev–Trinajstić information content (AvgIpc) is 2.48. The Labute approximate surface area is 140 Å². The molecule has 0 fully saturated rings. The van der Waals surface area contributed by atoms with Crippen LogP contribution < -0.4 is 20.2 Å². The molecule has 0 unspecified atom stereocenters. The number of hydrazone groups is 1. The van der Waals surface area contributed by atoms with Gasteiger partial charge >= 0.3 is 13.2 Å². The molecule has 0 atom stereocenters. The monoisotopic (exact) mass is 369 g/mol. The molecule has 1 rings (SSSR count). The van der Waals surface area contributed by atoms with Gasteiger partial charge in [0, 0.05) is 25.3 Å². The second-order valence-electron chi connectivity index (χ2n) is 4.08. The lowest BCUT2D eigenvalue weighted by atomic mass is 10.2. The highest BCUT2D eigenvalue weighted by molar-refractivity contribution is 7.80. The molecular formula is C13H15F4N3O3S. The summed E-state index contributed by atoms with van der Waals surface area (Å²) < 4.78 is 62.3. The minimum Gasteiger partial charge on any atom is -0.435 e. The van der Waals surface area contributed by atoms with Crippen LogP contribution in [-0.2, 0) is 4.74 Å². The fraction of sp³-hybridized carbons (Fsp3) is 0.385. The maximum Gasteiger partial charge on any atom is 0.387 e. The number of ether oxygens (including phenoxy) is 3. The lowest BCUT2D eigenvalue weighted by Crippen LogP contribution is -2.34. The third-order valence-corrected chi connectivity index (χ3v) is 2.62. The van der Waals surface area contributed by atoms with Gasteiger partial charge in [0.1, 0.15) is 11.5 Å². The Kier molecular flexibility index (Phi) is 8.79. The van der Waals surface area contributed by atoms with E-state index < -0.39 is 13.2 Å². The van der Waals surface area contributed by atoms with E-state index in [4.69, 9.17) is 17.0 Å². The third kappa shape index (κ3) is 7.92. The van der Waals surface area contributed by atoms with Crippen LogP contribution in [0.15, 0.2) is 23.3 Å². The highest BCUT2D eigenvalue weighted by atomic mass is 32.1. The molecule has 0 saturated heterocycles. The zero-order valence-corrected chi connectivity index (χ0v) is 13.3. The molecule has 0 bridgehead atoms. The van der Waals surface area contributed by atoms with Gasteiger partial charge in [-0.15, -0.1) is 0 Å². The van der Waals surface area contributed by atoms with Crippen molar-refractivity contribution in [3.63, 3.8) is 0 Å². The second kappa shape index (κ2) is 10.6. The van der Waals surface area contributed by atoms with Crippen molar-refractivity contribution in [2.24, 2.45) is 5.10 Å². The zero-order chi connectivity index (χ0) is 17.9. The minimum absolute atomic E-state index is 0.115. The maximum atomic E-state index is 12.4. The number of rotatable bonds is 9. The lowest BCUT2D eigenvalue weighted by molar-refractivity contribution is -0.0543. The average molecular weight is 369 g/mol. The van der Waals surface area contributed by atoms with Crippen LogP contribution in [0.3, 0.4) is 0 Å². The Bertz CT molecular complexity index is 561. The summed E-state index contributed by atoms with van der Waals surface area (Å²) in [6, 6.07) is 3.32. The van der Waals surface area contributed by atoms with Crippen LogP contribution >= 0.6 is 12.2 Å². The van der Waals surface area contributed by atoms with Crippen LogP contribution in [0, 0.1) is 0 Å². The first-order valence-electron chi connectivity index (χ1n) is 6.52. The number of hydrogen-bond acceptors (Lipinski definition) is 5. The summed E-state index contributed by atoms with van der Waals surface area (Å²) >= 11 is 4.91. The number of nitrogens with zero attached hydrogens (tertiary/aromatic N) is 1. The number of halogens is 4. The fourth-order valence-electron chi connectivity index (χ4n) is 1.46. The molecule has 0 spiro atoms. The number of hydrogen-bond donors (Lipinski definition) is 2. The van der Waals surface area contributed by atoms with Crippen molar-refractivity contribution in [2.75, 3.05) is 20.3 Å². The molecule has 0 saturated carbocycles. The standard InChI is InChI=1S/C13H15F4N3O3S/c1-21-5-4-18-13(24)20-19-7-8-2-3-9(22-11(14)15)6-10(8)23-12(16)17/h2-3,6-7,11-12H,4-5H2,1H3,(H2,18,20,24)/b19-7-. The third-order valence-electron chi connectivity index (χ3n) is 2.39. The molecular weight excluding hydrogens is 354 g/mol. The molecule has 2 N–H and O–H groups in total. The van der Waals surface area contributed by atoms with Gasteiger partial charge < -0.3 is 19.5 Å². The van der Waals surface area contributed by atoms with E-state index in [1.165, 1.54) is 19.2 Å². The van der Waals surface area contributed by atoms with E-state index in [1.54, 1.807) is 0 Å². The number of methoxy groups -OCH3 is 1. The van der Waals surface area contributed by atoms with Crippen molar-refractivity contribution in [3.8, 4) is 11.5 Å². The molecule has 0 aromatic heterocycles. The highest BCUT2D eigenvalue weighted by Crippen LogP contribution is 2.26. The van der Waals surface area contributed by atoms with Crippen molar-refractivity contribution in [3.05, 3.63) is 23.8 Å². The Balaban J connectivity index is 2.74. The van der Waals surface area contributed by atoms with Crippen molar-refractivity contribution < 1.29 is 31.8 Å². The second-order valence-corrected chi connectivity index (χ2v) is 4.48. The molecule has 6 nitrogen and oxygen atoms in total. The fourth-order valence-corrected chi connectivity index (χ4v) is 1.62. The SMILES string of the molecule is COCCNC(=S)N/N=C\c1ccc(OC(F)F)cc1OC(F)F. The van der Waals surface area contributed by atoms with Gasteiger partial charge in [0.2, 0.25) is 0 Å². The zero-order valence-electron chi connectivity index (χ0n) is 12.5. The summed E-state index contributed by atoms with van der Waals surface area (Å²) in [5.41, 5.74) is 2.57. The van der Waals surface area contributed by atoms with Crippen LogP contribution in [0.1, 0.15) is 5.56 Å². The predicted molar refractivity (Wildman–Crippen MR) is 82.9 cm³/mol. The molecule has 0 radical (unpaired) electrons. The Morgan fingerprint density at radius 1 is 1.25 bits per heavy atom. The Morgan fingerprint density at radius 2 is 1.96 bits per heavy atom. The number of alkyl halides is 4. The molecule has 24 heavy (non-hydrogen) atoms. The molecule has 0 heterocycles. The van der Waals surface area contributed by atoms with Gasteiger partial charge in [-0.3, -0.25) is 5.43 Å². The van der Waals surface area contributed by atoms with Crippen LogP contribution in [0.4, 0.5) is 17.6 Å². The van der Waals surface area contributed by atoms with E-state index in [0.717, 1.165) is 12.3 Å².